The second kappa shape index (κ2) is 4.13. The minimum atomic E-state index is -1.36. The van der Waals surface area contributed by atoms with E-state index in [1.807, 2.05) is 47.8 Å². The summed E-state index contributed by atoms with van der Waals surface area (Å²) in [4.78, 5) is 23.5. The van der Waals surface area contributed by atoms with Crippen LogP contribution in [-0.4, -0.2) is 17.2 Å². The summed E-state index contributed by atoms with van der Waals surface area (Å²) < 4.78 is 0. The van der Waals surface area contributed by atoms with E-state index in [9.17, 15) is 9.59 Å². The molecule has 0 atom stereocenters. The van der Waals surface area contributed by atoms with Gasteiger partial charge in [0.1, 0.15) is 0 Å². The molecule has 2 aromatic rings. The highest BCUT2D eigenvalue weighted by molar-refractivity contribution is 6.21. The third kappa shape index (κ3) is 1.91. The van der Waals surface area contributed by atoms with Crippen LogP contribution in [0.5, 0.6) is 0 Å². The molecule has 0 fully saturated rings. The Bertz CT molecular complexity index is 668. The number of carbonyl (C=O) groups excluding carboxylic acids is 1. The maximum absolute atomic E-state index is 11.7. The summed E-state index contributed by atoms with van der Waals surface area (Å²) in [6.45, 7) is 0. The van der Waals surface area contributed by atoms with Gasteiger partial charge in [-0.25, -0.2) is 14.9 Å². The molecule has 1 aliphatic rings. The smallest absolute Gasteiger partial charge is 0.412 e. The number of urea groups is 1. The van der Waals surface area contributed by atoms with E-state index < -0.39 is 12.1 Å². The third-order valence-corrected chi connectivity index (χ3v) is 2.93. The lowest BCUT2D eigenvalue weighted by molar-refractivity contribution is 0.193. The molecule has 0 spiro atoms. The zero-order valence-corrected chi connectivity index (χ0v) is 9.83. The van der Waals surface area contributed by atoms with Crippen molar-refractivity contribution in [2.45, 2.75) is 0 Å². The maximum atomic E-state index is 11.7. The van der Waals surface area contributed by atoms with Crippen LogP contribution >= 0.6 is 0 Å². The lowest BCUT2D eigenvalue weighted by Gasteiger charge is -2.02. The summed E-state index contributed by atoms with van der Waals surface area (Å²) in [5.74, 6) is 0. The van der Waals surface area contributed by atoms with Crippen LogP contribution in [0.3, 0.4) is 0 Å². The second-order valence-electron chi connectivity index (χ2n) is 4.11. The van der Waals surface area contributed by atoms with Crippen LogP contribution in [0.25, 0.3) is 11.1 Å². The van der Waals surface area contributed by atoms with Crippen molar-refractivity contribution in [3.63, 3.8) is 0 Å². The van der Waals surface area contributed by atoms with E-state index in [-0.39, 0.29) is 0 Å². The van der Waals surface area contributed by atoms with E-state index in [1.54, 1.807) is 6.07 Å². The highest BCUT2D eigenvalue weighted by Crippen LogP contribution is 2.53. The first-order chi connectivity index (χ1) is 9.18. The Morgan fingerprint density at radius 3 is 2.42 bits per heavy atom. The molecule has 0 unspecified atom stereocenters. The number of nitrogens with one attached hydrogen (secondary N) is 1. The van der Waals surface area contributed by atoms with Crippen LogP contribution in [0.1, 0.15) is 0 Å². The highest BCUT2D eigenvalue weighted by Gasteiger charge is 2.38. The standard InChI is InChI=1S/C14H10N2O3/c17-13(15-14(18)19)16-11-8-4-7-10(12(11)16)9-5-2-1-3-6-9/h1-8H,(H,15,17)(H,18,19). The molecule has 1 heterocycles. The molecular formula is C14H10N2O3. The zero-order valence-electron chi connectivity index (χ0n) is 9.83. The van der Waals surface area contributed by atoms with Crippen LogP contribution in [0, 0.1) is 0 Å². The Morgan fingerprint density at radius 2 is 1.74 bits per heavy atom. The molecule has 19 heavy (non-hydrogen) atoms. The molecule has 0 bridgehead atoms. The Labute approximate surface area is 109 Å². The molecule has 2 aromatic carbocycles. The SMILES string of the molecule is O=C(O)NC(=O)N1c2cccc(-c3ccccc3)c21. The number of amides is 3. The minimum absolute atomic E-state index is 0.647. The molecule has 0 aliphatic carbocycles. The van der Waals surface area contributed by atoms with Crippen LogP contribution < -0.4 is 10.2 Å². The second-order valence-corrected chi connectivity index (χ2v) is 4.11. The van der Waals surface area contributed by atoms with Crippen LogP contribution in [0.4, 0.5) is 21.0 Å². The van der Waals surface area contributed by atoms with Gasteiger partial charge in [-0.15, -0.1) is 0 Å². The van der Waals surface area contributed by atoms with Crippen molar-refractivity contribution in [1.29, 1.82) is 0 Å². The molecule has 0 saturated carbocycles. The molecule has 3 amide bonds. The van der Waals surface area contributed by atoms with Gasteiger partial charge in [0.05, 0.1) is 11.4 Å². The molecule has 3 rings (SSSR count). The fraction of sp³-hybridized carbons (Fsp3) is 0. The van der Waals surface area contributed by atoms with E-state index in [0.29, 0.717) is 0 Å². The number of nitrogens with zero attached hydrogens (tertiary/aromatic N) is 1. The van der Waals surface area contributed by atoms with Crippen molar-refractivity contribution in [2.75, 3.05) is 4.90 Å². The molecule has 5 heteroatoms. The van der Waals surface area contributed by atoms with Gasteiger partial charge in [0, 0.05) is 5.56 Å². The predicted octanol–water partition coefficient (Wildman–Crippen LogP) is 3.19. The van der Waals surface area contributed by atoms with Crippen LogP contribution in [0.2, 0.25) is 0 Å². The Kier molecular flexibility index (Phi) is 2.45. The van der Waals surface area contributed by atoms with Gasteiger partial charge in [-0.3, -0.25) is 4.90 Å². The Balaban J connectivity index is 1.94. The van der Waals surface area contributed by atoms with Gasteiger partial charge >= 0.3 is 12.1 Å². The molecule has 1 aliphatic heterocycles. The van der Waals surface area contributed by atoms with Crippen molar-refractivity contribution in [2.24, 2.45) is 0 Å². The third-order valence-electron chi connectivity index (χ3n) is 2.93. The van der Waals surface area contributed by atoms with E-state index in [4.69, 9.17) is 5.11 Å². The van der Waals surface area contributed by atoms with Crippen LogP contribution in [0.15, 0.2) is 48.5 Å². The molecule has 2 N–H and O–H groups in total. The summed E-state index contributed by atoms with van der Waals surface area (Å²) in [6, 6.07) is 14.5. The molecule has 0 radical (unpaired) electrons. The number of imide groups is 1. The quantitative estimate of drug-likeness (QED) is 0.768. The zero-order chi connectivity index (χ0) is 13.4. The molecule has 94 valence electrons. The molecular weight excluding hydrogens is 244 g/mol. The van der Waals surface area contributed by atoms with Crippen molar-refractivity contribution in [3.05, 3.63) is 48.5 Å². The van der Waals surface area contributed by atoms with Gasteiger partial charge in [-0.05, 0) is 11.6 Å². The first-order valence-corrected chi connectivity index (χ1v) is 5.71. The number of hydrogen-bond acceptors (Lipinski definition) is 2. The number of carboxylic acid groups (broad SMARTS) is 1. The number of para-hydroxylation sites is 1. The summed E-state index contributed by atoms with van der Waals surface area (Å²) in [5, 5.41) is 10.4. The number of fused-ring (bicyclic) bond motifs is 1. The van der Waals surface area contributed by atoms with Gasteiger partial charge in [0.15, 0.2) is 0 Å². The number of rotatable bonds is 1. The van der Waals surface area contributed by atoms with Gasteiger partial charge in [0.2, 0.25) is 0 Å². The van der Waals surface area contributed by atoms with Crippen LogP contribution in [-0.2, 0) is 0 Å². The van der Waals surface area contributed by atoms with E-state index in [1.165, 1.54) is 4.90 Å². The van der Waals surface area contributed by atoms with E-state index in [0.717, 1.165) is 22.5 Å². The van der Waals surface area contributed by atoms with Gasteiger partial charge < -0.3 is 5.11 Å². The Morgan fingerprint density at radius 1 is 1.00 bits per heavy atom. The number of anilines is 2. The van der Waals surface area contributed by atoms with Crippen molar-refractivity contribution in [1.82, 2.24) is 5.32 Å². The summed E-state index contributed by atoms with van der Waals surface area (Å²) in [7, 11) is 0. The average Bonchev–Trinajstić information content (AvgIpc) is 3.13. The summed E-state index contributed by atoms with van der Waals surface area (Å²) >= 11 is 0. The van der Waals surface area contributed by atoms with Gasteiger partial charge in [0.25, 0.3) is 0 Å². The topological polar surface area (TPSA) is 69.4 Å². The predicted molar refractivity (Wildman–Crippen MR) is 70.6 cm³/mol. The largest absolute Gasteiger partial charge is 0.465 e. The van der Waals surface area contributed by atoms with Crippen molar-refractivity contribution in [3.8, 4) is 11.1 Å². The van der Waals surface area contributed by atoms with Crippen molar-refractivity contribution >= 4 is 23.5 Å². The van der Waals surface area contributed by atoms with Gasteiger partial charge in [-0.1, -0.05) is 42.5 Å². The number of carbonyl (C=O) groups is 2. The minimum Gasteiger partial charge on any atom is -0.465 e. The lowest BCUT2D eigenvalue weighted by atomic mass is 10.1. The fourth-order valence-corrected chi connectivity index (χ4v) is 2.11. The molecule has 0 aromatic heterocycles. The number of benzene rings is 2. The molecule has 0 saturated heterocycles. The lowest BCUT2D eigenvalue weighted by Crippen LogP contribution is -2.34. The summed E-state index contributed by atoms with van der Waals surface area (Å²) in [5.41, 5.74) is 3.40. The fourth-order valence-electron chi connectivity index (χ4n) is 2.11. The monoisotopic (exact) mass is 254 g/mol. The number of hydrogen-bond donors (Lipinski definition) is 2. The first-order valence-electron chi connectivity index (χ1n) is 5.71. The average molecular weight is 254 g/mol. The first kappa shape index (κ1) is 11.3. The van der Waals surface area contributed by atoms with E-state index in [2.05, 4.69) is 0 Å². The van der Waals surface area contributed by atoms with E-state index >= 15 is 0 Å². The van der Waals surface area contributed by atoms with Crippen molar-refractivity contribution < 1.29 is 14.7 Å². The Hall–Kier alpha value is -2.82. The highest BCUT2D eigenvalue weighted by atomic mass is 16.4. The normalized spacial score (nSPS) is 11.7. The summed E-state index contributed by atoms with van der Waals surface area (Å²) in [6.07, 6.45) is -1.36. The van der Waals surface area contributed by atoms with Gasteiger partial charge in [-0.2, -0.15) is 0 Å². The maximum Gasteiger partial charge on any atom is 0.412 e. The molecule has 5 nitrogen and oxygen atoms in total.